The van der Waals surface area contributed by atoms with Gasteiger partial charge < -0.3 is 9.47 Å². The van der Waals surface area contributed by atoms with Crippen molar-refractivity contribution in [1.82, 2.24) is 0 Å². The summed E-state index contributed by atoms with van der Waals surface area (Å²) in [7, 11) is 1.96. The van der Waals surface area contributed by atoms with E-state index in [-0.39, 0.29) is 23.1 Å². The van der Waals surface area contributed by atoms with Crippen LogP contribution in [0.1, 0.15) is 120 Å². The molecule has 4 saturated carbocycles. The lowest BCUT2D eigenvalue weighted by Crippen LogP contribution is -2.69. The molecule has 0 amide bonds. The van der Waals surface area contributed by atoms with Gasteiger partial charge in [-0.15, -0.1) is 0 Å². The summed E-state index contributed by atoms with van der Waals surface area (Å²) in [4.78, 5) is 11.9. The van der Waals surface area contributed by atoms with Crippen molar-refractivity contribution >= 4 is 5.97 Å². The molecule has 0 spiro atoms. The van der Waals surface area contributed by atoms with Crippen molar-refractivity contribution in [1.29, 1.82) is 0 Å². The Kier molecular flexibility index (Phi) is 6.01. The maximum absolute atomic E-state index is 11.9. The second-order valence-corrected chi connectivity index (χ2v) is 15.7. The number of ether oxygens (including phenoxy) is 2. The maximum Gasteiger partial charge on any atom is 0.302 e. The molecule has 0 aliphatic heterocycles. The lowest BCUT2D eigenvalue weighted by Gasteiger charge is -2.74. The number of carbonyl (C=O) groups excluding carboxylic acids is 1. The summed E-state index contributed by atoms with van der Waals surface area (Å²) >= 11 is 0. The van der Waals surface area contributed by atoms with E-state index < -0.39 is 0 Å². The fourth-order valence-electron chi connectivity index (χ4n) is 12.0. The van der Waals surface area contributed by atoms with E-state index in [0.29, 0.717) is 39.4 Å². The molecule has 5 aliphatic rings. The molecule has 5 aliphatic carbocycles. The van der Waals surface area contributed by atoms with Crippen LogP contribution in [0.2, 0.25) is 0 Å². The molecule has 0 N–H and O–H groups in total. The molecule has 204 valence electrons. The molecule has 3 nitrogen and oxygen atoms in total. The van der Waals surface area contributed by atoms with Gasteiger partial charge >= 0.3 is 5.97 Å². The van der Waals surface area contributed by atoms with E-state index in [1.54, 1.807) is 6.92 Å². The SMILES string of the molecule is CO[C@]1(C)C(C)=CC[C@]2(C)CC[C@]3(C)[C@H](CC[C@@H]4[C@@]5(C)CC[C@H](OC(C)=O)C(C)(C)[C@@H]5CC[C@]43C)[C@H]21. The summed E-state index contributed by atoms with van der Waals surface area (Å²) in [6, 6.07) is 0. The molecule has 0 heterocycles. The molecule has 4 fully saturated rings. The number of carbonyl (C=O) groups is 1. The minimum Gasteiger partial charge on any atom is -0.462 e. The molecule has 0 aromatic heterocycles. The minimum atomic E-state index is -0.159. The zero-order valence-corrected chi connectivity index (χ0v) is 25.1. The third-order valence-corrected chi connectivity index (χ3v) is 14.2. The van der Waals surface area contributed by atoms with E-state index in [1.165, 1.54) is 56.9 Å². The van der Waals surface area contributed by atoms with Gasteiger partial charge in [0, 0.05) is 25.4 Å². The lowest BCUT2D eigenvalue weighted by molar-refractivity contribution is -0.264. The maximum atomic E-state index is 11.9. The largest absolute Gasteiger partial charge is 0.462 e. The van der Waals surface area contributed by atoms with Gasteiger partial charge in [-0.3, -0.25) is 4.79 Å². The number of hydrogen-bond acceptors (Lipinski definition) is 3. The van der Waals surface area contributed by atoms with Gasteiger partial charge in [0.1, 0.15) is 6.10 Å². The number of fused-ring (bicyclic) bond motifs is 7. The molecule has 36 heavy (non-hydrogen) atoms. The molecular weight excluding hydrogens is 444 g/mol. The van der Waals surface area contributed by atoms with E-state index in [1.807, 2.05) is 7.11 Å². The highest BCUT2D eigenvalue weighted by atomic mass is 16.5. The summed E-state index contributed by atoms with van der Waals surface area (Å²) in [5, 5.41) is 0. The molecular formula is C33H54O3. The molecule has 0 radical (unpaired) electrons. The van der Waals surface area contributed by atoms with Crippen molar-refractivity contribution in [2.75, 3.05) is 7.11 Å². The fourth-order valence-corrected chi connectivity index (χ4v) is 12.0. The van der Waals surface area contributed by atoms with Gasteiger partial charge in [0.25, 0.3) is 0 Å². The molecule has 0 aromatic rings. The first-order chi connectivity index (χ1) is 16.6. The summed E-state index contributed by atoms with van der Waals surface area (Å²) in [5.74, 6) is 2.52. The highest BCUT2D eigenvalue weighted by molar-refractivity contribution is 5.66. The van der Waals surface area contributed by atoms with Crippen molar-refractivity contribution < 1.29 is 14.3 Å². The van der Waals surface area contributed by atoms with Gasteiger partial charge in [-0.2, -0.15) is 0 Å². The second-order valence-electron chi connectivity index (χ2n) is 15.7. The predicted octanol–water partition coefficient (Wildman–Crippen LogP) is 8.36. The lowest BCUT2D eigenvalue weighted by atomic mass is 9.31. The van der Waals surface area contributed by atoms with Crippen molar-refractivity contribution in [2.45, 2.75) is 132 Å². The Hall–Kier alpha value is -0.830. The first-order valence-corrected chi connectivity index (χ1v) is 15.0. The zero-order valence-electron chi connectivity index (χ0n) is 25.1. The molecule has 0 bridgehead atoms. The molecule has 5 rings (SSSR count). The van der Waals surface area contributed by atoms with Crippen LogP contribution >= 0.6 is 0 Å². The van der Waals surface area contributed by atoms with Crippen molar-refractivity contribution in [3.63, 3.8) is 0 Å². The highest BCUT2D eigenvalue weighted by Gasteiger charge is 2.71. The Bertz CT molecular complexity index is 951. The molecule has 0 unspecified atom stereocenters. The third kappa shape index (κ3) is 3.23. The van der Waals surface area contributed by atoms with Crippen LogP contribution < -0.4 is 0 Å². The van der Waals surface area contributed by atoms with Crippen molar-refractivity contribution in [3.05, 3.63) is 11.6 Å². The first-order valence-electron chi connectivity index (χ1n) is 15.0. The number of esters is 1. The van der Waals surface area contributed by atoms with Gasteiger partial charge in [0.15, 0.2) is 0 Å². The van der Waals surface area contributed by atoms with E-state index in [0.717, 1.165) is 12.3 Å². The zero-order chi connectivity index (χ0) is 26.5. The molecule has 3 heteroatoms. The minimum absolute atomic E-state index is 0.0305. The summed E-state index contributed by atoms with van der Waals surface area (Å²) in [5.41, 5.74) is 2.65. The topological polar surface area (TPSA) is 35.5 Å². The quantitative estimate of drug-likeness (QED) is 0.283. The van der Waals surface area contributed by atoms with Crippen LogP contribution in [-0.2, 0) is 14.3 Å². The van der Waals surface area contributed by atoms with Gasteiger partial charge in [-0.1, -0.05) is 47.6 Å². The molecule has 0 aromatic carbocycles. The van der Waals surface area contributed by atoms with Crippen molar-refractivity contribution in [3.8, 4) is 0 Å². The number of methoxy groups -OCH3 is 1. The Labute approximate surface area is 221 Å². The van der Waals surface area contributed by atoms with Crippen LogP contribution in [0.25, 0.3) is 0 Å². The van der Waals surface area contributed by atoms with Crippen LogP contribution in [0.3, 0.4) is 0 Å². The average Bonchev–Trinajstić information content (AvgIpc) is 2.79. The molecule has 10 atom stereocenters. The number of hydrogen-bond donors (Lipinski definition) is 0. The van der Waals surface area contributed by atoms with Gasteiger partial charge in [-0.25, -0.2) is 0 Å². The summed E-state index contributed by atoms with van der Waals surface area (Å²) in [6.07, 6.45) is 13.9. The van der Waals surface area contributed by atoms with Crippen LogP contribution in [0.5, 0.6) is 0 Å². The third-order valence-electron chi connectivity index (χ3n) is 14.2. The van der Waals surface area contributed by atoms with Gasteiger partial charge in [-0.05, 0) is 117 Å². The normalized spacial score (nSPS) is 53.7. The predicted molar refractivity (Wildman–Crippen MR) is 146 cm³/mol. The van der Waals surface area contributed by atoms with Crippen LogP contribution in [0.15, 0.2) is 11.6 Å². The standard InChI is InChI=1S/C33H54O3/c1-21-13-16-29(5)19-20-31(7)23(27(29)33(21,9)35-10)11-12-25-30(6)17-15-26(36-22(2)34)28(3,4)24(30)14-18-32(25,31)8/h13,23-27H,11-12,14-20H2,1-10H3/t23-,24+,25-,26+,27-,29-,30+,31-,32-,33-/m1/s1. The number of allylic oxidation sites excluding steroid dienone is 1. The van der Waals surface area contributed by atoms with E-state index >= 15 is 0 Å². The average molecular weight is 499 g/mol. The molecule has 0 saturated heterocycles. The first kappa shape index (κ1) is 26.8. The van der Waals surface area contributed by atoms with Crippen LogP contribution in [0.4, 0.5) is 0 Å². The van der Waals surface area contributed by atoms with E-state index in [4.69, 9.17) is 9.47 Å². The summed E-state index contributed by atoms with van der Waals surface area (Å²) < 4.78 is 12.4. The van der Waals surface area contributed by atoms with Crippen LogP contribution in [0, 0.1) is 50.7 Å². The van der Waals surface area contributed by atoms with E-state index in [9.17, 15) is 4.79 Å². The smallest absolute Gasteiger partial charge is 0.302 e. The fraction of sp³-hybridized carbons (Fsp3) is 0.909. The summed E-state index contributed by atoms with van der Waals surface area (Å²) in [6.45, 7) is 21.7. The van der Waals surface area contributed by atoms with E-state index in [2.05, 4.69) is 61.5 Å². The Morgan fingerprint density at radius 3 is 2.19 bits per heavy atom. The van der Waals surface area contributed by atoms with Crippen LogP contribution in [-0.4, -0.2) is 24.8 Å². The van der Waals surface area contributed by atoms with Crippen molar-refractivity contribution in [2.24, 2.45) is 50.7 Å². The number of rotatable bonds is 2. The highest BCUT2D eigenvalue weighted by Crippen LogP contribution is 2.77. The second kappa shape index (κ2) is 8.09. The monoisotopic (exact) mass is 498 g/mol. The Morgan fingerprint density at radius 2 is 1.56 bits per heavy atom. The Morgan fingerprint density at radius 1 is 0.861 bits per heavy atom. The van der Waals surface area contributed by atoms with Gasteiger partial charge in [0.2, 0.25) is 0 Å². The Balaban J connectivity index is 1.53. The van der Waals surface area contributed by atoms with Gasteiger partial charge in [0.05, 0.1) is 5.60 Å².